The van der Waals surface area contributed by atoms with Gasteiger partial charge in [0, 0.05) is 0 Å². The van der Waals surface area contributed by atoms with E-state index >= 15 is 0 Å². The molecule has 31 heavy (non-hydrogen) atoms. The molecule has 0 aromatic rings. The summed E-state index contributed by atoms with van der Waals surface area (Å²) in [4.78, 5) is 0. The molecular formula is C29H48O2. The van der Waals surface area contributed by atoms with Crippen molar-refractivity contribution < 1.29 is 10.2 Å². The van der Waals surface area contributed by atoms with Gasteiger partial charge in [-0.15, -0.1) is 0 Å². The average Bonchev–Trinajstić information content (AvgIpc) is 3.08. The first kappa shape index (κ1) is 23.6. The van der Waals surface area contributed by atoms with E-state index in [1.165, 1.54) is 44.1 Å². The summed E-state index contributed by atoms with van der Waals surface area (Å²) in [6, 6.07) is 0. The maximum atomic E-state index is 11.2. The third-order valence-corrected chi connectivity index (χ3v) is 11.1. The summed E-state index contributed by atoms with van der Waals surface area (Å²) in [5, 5.41) is 21.5. The Morgan fingerprint density at radius 1 is 1.16 bits per heavy atom. The van der Waals surface area contributed by atoms with Gasteiger partial charge in [0.15, 0.2) is 0 Å². The second-order valence-electron chi connectivity index (χ2n) is 12.5. The predicted molar refractivity (Wildman–Crippen MR) is 130 cm³/mol. The average molecular weight is 429 g/mol. The van der Waals surface area contributed by atoms with Crippen LogP contribution in [-0.4, -0.2) is 22.4 Å². The molecule has 0 aromatic heterocycles. The van der Waals surface area contributed by atoms with Crippen molar-refractivity contribution in [2.75, 3.05) is 0 Å². The molecule has 3 saturated carbocycles. The van der Waals surface area contributed by atoms with Crippen LogP contribution in [0.15, 0.2) is 23.8 Å². The molecule has 4 aliphatic rings. The van der Waals surface area contributed by atoms with Crippen LogP contribution < -0.4 is 0 Å². The molecule has 1 unspecified atom stereocenters. The molecule has 0 heterocycles. The van der Waals surface area contributed by atoms with Crippen molar-refractivity contribution in [2.24, 2.45) is 46.3 Å². The van der Waals surface area contributed by atoms with Crippen molar-refractivity contribution in [3.63, 3.8) is 0 Å². The van der Waals surface area contributed by atoms with E-state index in [-0.39, 0.29) is 12.2 Å². The lowest BCUT2D eigenvalue weighted by molar-refractivity contribution is -0.0687. The van der Waals surface area contributed by atoms with E-state index in [9.17, 15) is 10.2 Å². The maximum Gasteiger partial charge on any atom is 0.0577 e. The SMILES string of the molecule is C=C(C)[C@@H](CC)CC(O)[C@@H](C)[C@H]1CC[C@H]2[C@@H]3CC=C4C[C@@H](O)CC[C@]4(C)[C@H]3CC[C@]12C. The number of rotatable bonds is 6. The van der Waals surface area contributed by atoms with Crippen LogP contribution in [0.4, 0.5) is 0 Å². The number of aliphatic hydroxyl groups excluding tert-OH is 2. The summed E-state index contributed by atoms with van der Waals surface area (Å²) in [6.45, 7) is 16.0. The molecule has 10 atom stereocenters. The van der Waals surface area contributed by atoms with Crippen LogP contribution in [0.2, 0.25) is 0 Å². The van der Waals surface area contributed by atoms with Crippen molar-refractivity contribution in [2.45, 2.75) is 111 Å². The molecule has 0 amide bonds. The van der Waals surface area contributed by atoms with Crippen LogP contribution in [0.25, 0.3) is 0 Å². The molecule has 2 nitrogen and oxygen atoms in total. The minimum absolute atomic E-state index is 0.117. The van der Waals surface area contributed by atoms with Gasteiger partial charge in [0.1, 0.15) is 0 Å². The van der Waals surface area contributed by atoms with Crippen LogP contribution in [0.5, 0.6) is 0 Å². The van der Waals surface area contributed by atoms with E-state index in [0.717, 1.165) is 43.4 Å². The molecule has 0 bridgehead atoms. The maximum absolute atomic E-state index is 11.2. The Labute approximate surface area is 191 Å². The van der Waals surface area contributed by atoms with E-state index in [2.05, 4.69) is 47.3 Å². The minimum Gasteiger partial charge on any atom is -0.393 e. The topological polar surface area (TPSA) is 40.5 Å². The zero-order valence-corrected chi connectivity index (χ0v) is 20.9. The van der Waals surface area contributed by atoms with Gasteiger partial charge in [-0.05, 0) is 117 Å². The second kappa shape index (κ2) is 8.64. The van der Waals surface area contributed by atoms with E-state index in [1.54, 1.807) is 5.57 Å². The van der Waals surface area contributed by atoms with Gasteiger partial charge in [-0.3, -0.25) is 0 Å². The van der Waals surface area contributed by atoms with Crippen molar-refractivity contribution in [3.05, 3.63) is 23.8 Å². The predicted octanol–water partition coefficient (Wildman–Crippen LogP) is 6.92. The van der Waals surface area contributed by atoms with Gasteiger partial charge < -0.3 is 10.2 Å². The fourth-order valence-electron chi connectivity index (χ4n) is 9.04. The van der Waals surface area contributed by atoms with Gasteiger partial charge in [-0.25, -0.2) is 0 Å². The molecule has 0 saturated heterocycles. The molecule has 176 valence electrons. The minimum atomic E-state index is -0.213. The standard InChI is InChI=1S/C29H48O2/c1-7-20(18(2)3)16-27(31)19(4)24-10-11-25-23-9-8-21-17-22(30)12-14-28(21,5)26(23)13-15-29(24,25)6/h8,19-20,22-27,30-31H,2,7,9-17H2,1,3-6H3/t19-,20-,22-,23-,24+,25-,26-,27?,28-,29+/m0/s1. The van der Waals surface area contributed by atoms with Gasteiger partial charge in [0.2, 0.25) is 0 Å². The Balaban J connectivity index is 1.51. The van der Waals surface area contributed by atoms with E-state index in [1.807, 2.05) is 0 Å². The van der Waals surface area contributed by atoms with Gasteiger partial charge >= 0.3 is 0 Å². The van der Waals surface area contributed by atoms with Crippen LogP contribution in [0.1, 0.15) is 98.8 Å². The molecule has 2 heteroatoms. The fourth-order valence-corrected chi connectivity index (χ4v) is 9.04. The summed E-state index contributed by atoms with van der Waals surface area (Å²) in [5.74, 6) is 3.86. The summed E-state index contributed by atoms with van der Waals surface area (Å²) < 4.78 is 0. The zero-order valence-electron chi connectivity index (χ0n) is 20.9. The number of hydrogen-bond donors (Lipinski definition) is 2. The van der Waals surface area contributed by atoms with E-state index in [4.69, 9.17) is 0 Å². The second-order valence-corrected chi connectivity index (χ2v) is 12.5. The largest absolute Gasteiger partial charge is 0.393 e. The number of allylic oxidation sites excluding steroid dienone is 2. The van der Waals surface area contributed by atoms with Crippen molar-refractivity contribution in [3.8, 4) is 0 Å². The Hall–Kier alpha value is -0.600. The summed E-state index contributed by atoms with van der Waals surface area (Å²) in [7, 11) is 0. The Morgan fingerprint density at radius 2 is 1.90 bits per heavy atom. The summed E-state index contributed by atoms with van der Waals surface area (Å²) in [5.41, 5.74) is 3.49. The van der Waals surface area contributed by atoms with Gasteiger partial charge in [-0.1, -0.05) is 51.5 Å². The highest BCUT2D eigenvalue weighted by atomic mass is 16.3. The first-order chi connectivity index (χ1) is 14.6. The molecule has 0 aliphatic heterocycles. The Bertz CT molecular complexity index is 710. The highest BCUT2D eigenvalue weighted by Crippen LogP contribution is 2.67. The quantitative estimate of drug-likeness (QED) is 0.451. The van der Waals surface area contributed by atoms with Gasteiger partial charge in [0.05, 0.1) is 12.2 Å². The van der Waals surface area contributed by atoms with Crippen molar-refractivity contribution >= 4 is 0 Å². The highest BCUT2D eigenvalue weighted by molar-refractivity contribution is 5.25. The van der Waals surface area contributed by atoms with Crippen LogP contribution in [0, 0.1) is 46.3 Å². The van der Waals surface area contributed by atoms with Crippen LogP contribution in [-0.2, 0) is 0 Å². The monoisotopic (exact) mass is 428 g/mol. The molecule has 4 rings (SSSR count). The smallest absolute Gasteiger partial charge is 0.0577 e. The lowest BCUT2D eigenvalue weighted by Crippen LogP contribution is -2.51. The number of hydrogen-bond acceptors (Lipinski definition) is 2. The summed E-state index contributed by atoms with van der Waals surface area (Å²) >= 11 is 0. The lowest BCUT2D eigenvalue weighted by atomic mass is 9.47. The first-order valence-electron chi connectivity index (χ1n) is 13.3. The molecule has 2 N–H and O–H groups in total. The Kier molecular flexibility index (Phi) is 6.56. The lowest BCUT2D eigenvalue weighted by Gasteiger charge is -2.58. The fraction of sp³-hybridized carbons (Fsp3) is 0.862. The number of fused-ring (bicyclic) bond motifs is 5. The molecule has 4 aliphatic carbocycles. The molecular weight excluding hydrogens is 380 g/mol. The van der Waals surface area contributed by atoms with Crippen LogP contribution in [0.3, 0.4) is 0 Å². The number of aliphatic hydroxyl groups is 2. The zero-order chi connectivity index (χ0) is 22.6. The highest BCUT2D eigenvalue weighted by Gasteiger charge is 2.59. The van der Waals surface area contributed by atoms with Crippen LogP contribution >= 0.6 is 0 Å². The van der Waals surface area contributed by atoms with E-state index in [0.29, 0.717) is 28.6 Å². The third kappa shape index (κ3) is 3.88. The Morgan fingerprint density at radius 3 is 2.58 bits per heavy atom. The van der Waals surface area contributed by atoms with Crippen molar-refractivity contribution in [1.29, 1.82) is 0 Å². The van der Waals surface area contributed by atoms with Gasteiger partial charge in [0.25, 0.3) is 0 Å². The molecule has 0 aromatic carbocycles. The van der Waals surface area contributed by atoms with E-state index < -0.39 is 0 Å². The molecule has 0 spiro atoms. The summed E-state index contributed by atoms with van der Waals surface area (Å²) in [6.07, 6.45) is 13.7. The van der Waals surface area contributed by atoms with Gasteiger partial charge in [-0.2, -0.15) is 0 Å². The van der Waals surface area contributed by atoms with Crippen molar-refractivity contribution in [1.82, 2.24) is 0 Å². The molecule has 3 fully saturated rings. The molecule has 0 radical (unpaired) electrons. The normalized spacial score (nSPS) is 45.0. The first-order valence-corrected chi connectivity index (χ1v) is 13.3. The third-order valence-electron chi connectivity index (χ3n) is 11.1.